The number of rotatable bonds is 4. The third-order valence-corrected chi connectivity index (χ3v) is 2.99. The van der Waals surface area contributed by atoms with Crippen molar-refractivity contribution in [3.8, 4) is 0 Å². The number of nitrogens with one attached hydrogen (secondary N) is 2. The smallest absolute Gasteiger partial charge is 0.191 e. The minimum absolute atomic E-state index is 0.0103. The molecular formula is C16H14FN3OS. The molecule has 4 nitrogen and oxygen atoms in total. The number of anilines is 1. The van der Waals surface area contributed by atoms with Crippen LogP contribution in [0.15, 0.2) is 53.6 Å². The molecule has 0 spiro atoms. The monoisotopic (exact) mass is 315 g/mol. The Kier molecular flexibility index (Phi) is 5.32. The molecule has 0 aliphatic carbocycles. The minimum atomic E-state index is -0.295. The average molecular weight is 315 g/mol. The molecule has 0 heterocycles. The lowest BCUT2D eigenvalue weighted by atomic mass is 10.1. The predicted octanol–water partition coefficient (Wildman–Crippen LogP) is 3.35. The fourth-order valence-electron chi connectivity index (χ4n) is 1.66. The second kappa shape index (κ2) is 7.42. The second-order valence-corrected chi connectivity index (χ2v) is 4.92. The van der Waals surface area contributed by atoms with Crippen LogP contribution >= 0.6 is 12.2 Å². The van der Waals surface area contributed by atoms with Crippen molar-refractivity contribution < 1.29 is 9.18 Å². The Morgan fingerprint density at radius 1 is 1.14 bits per heavy atom. The van der Waals surface area contributed by atoms with Gasteiger partial charge in [-0.1, -0.05) is 12.1 Å². The summed E-state index contributed by atoms with van der Waals surface area (Å²) in [7, 11) is 0. The molecule has 22 heavy (non-hydrogen) atoms. The van der Waals surface area contributed by atoms with E-state index in [0.29, 0.717) is 10.7 Å². The number of nitrogens with zero attached hydrogens (tertiary/aromatic N) is 1. The van der Waals surface area contributed by atoms with E-state index in [2.05, 4.69) is 15.8 Å². The zero-order valence-electron chi connectivity index (χ0n) is 11.8. The van der Waals surface area contributed by atoms with Gasteiger partial charge in [0.25, 0.3) is 0 Å². The van der Waals surface area contributed by atoms with Crippen molar-refractivity contribution in [1.82, 2.24) is 5.43 Å². The van der Waals surface area contributed by atoms with Crippen molar-refractivity contribution in [2.75, 3.05) is 5.32 Å². The minimum Gasteiger partial charge on any atom is -0.331 e. The van der Waals surface area contributed by atoms with Crippen LogP contribution in [0.2, 0.25) is 0 Å². The van der Waals surface area contributed by atoms with E-state index < -0.39 is 0 Å². The van der Waals surface area contributed by atoms with Crippen molar-refractivity contribution in [1.29, 1.82) is 0 Å². The first kappa shape index (κ1) is 15.8. The van der Waals surface area contributed by atoms with Crippen molar-refractivity contribution in [2.45, 2.75) is 6.92 Å². The fraction of sp³-hybridized carbons (Fsp3) is 0.0625. The van der Waals surface area contributed by atoms with Gasteiger partial charge in [-0.2, -0.15) is 5.10 Å². The van der Waals surface area contributed by atoms with Crippen molar-refractivity contribution in [2.24, 2.45) is 5.10 Å². The Bertz CT molecular complexity index is 696. The van der Waals surface area contributed by atoms with Crippen LogP contribution in [-0.4, -0.2) is 17.1 Å². The van der Waals surface area contributed by atoms with E-state index in [4.69, 9.17) is 12.2 Å². The van der Waals surface area contributed by atoms with Crippen molar-refractivity contribution in [3.05, 3.63) is 65.5 Å². The number of benzene rings is 2. The molecule has 2 N–H and O–H groups in total. The Labute approximate surface area is 133 Å². The molecule has 0 unspecified atom stereocenters. The Balaban J connectivity index is 1.87. The lowest BCUT2D eigenvalue weighted by molar-refractivity contribution is 0.101. The molecule has 2 rings (SSSR count). The Hall–Kier alpha value is -2.60. The summed E-state index contributed by atoms with van der Waals surface area (Å²) in [5.74, 6) is -0.285. The van der Waals surface area contributed by atoms with Crippen molar-refractivity contribution in [3.63, 3.8) is 0 Å². The van der Waals surface area contributed by atoms with E-state index in [9.17, 15) is 9.18 Å². The first-order chi connectivity index (χ1) is 10.5. The molecule has 0 bridgehead atoms. The summed E-state index contributed by atoms with van der Waals surface area (Å²) in [6.07, 6.45) is 1.53. The van der Waals surface area contributed by atoms with Gasteiger partial charge in [-0.3, -0.25) is 10.2 Å². The average Bonchev–Trinajstić information content (AvgIpc) is 2.50. The number of hydrogen-bond acceptors (Lipinski definition) is 3. The molecule has 0 amide bonds. The molecule has 0 saturated heterocycles. The van der Waals surface area contributed by atoms with Gasteiger partial charge in [0.1, 0.15) is 5.82 Å². The molecule has 2 aromatic rings. The van der Waals surface area contributed by atoms with Gasteiger partial charge >= 0.3 is 0 Å². The highest BCUT2D eigenvalue weighted by Gasteiger charge is 2.00. The zero-order chi connectivity index (χ0) is 15.9. The quantitative estimate of drug-likeness (QED) is 0.393. The highest BCUT2D eigenvalue weighted by Crippen LogP contribution is 2.09. The largest absolute Gasteiger partial charge is 0.331 e. The Morgan fingerprint density at radius 3 is 2.36 bits per heavy atom. The maximum Gasteiger partial charge on any atom is 0.191 e. The standard InChI is InChI=1S/C16H14FN3OS/c1-11(21)13-4-8-15(9-5-13)19-16(22)20-18-10-12-2-6-14(17)7-3-12/h2-10H,1H3,(H2,19,20,22)/b18-10+. The summed E-state index contributed by atoms with van der Waals surface area (Å²) >= 11 is 5.09. The van der Waals surface area contributed by atoms with E-state index >= 15 is 0 Å². The number of Topliss-reactive ketones (excluding diaryl/α,β-unsaturated/α-hetero) is 1. The van der Waals surface area contributed by atoms with Crippen LogP contribution in [0, 0.1) is 5.82 Å². The third kappa shape index (κ3) is 4.75. The number of carbonyl (C=O) groups excluding carboxylic acids is 1. The van der Waals surface area contributed by atoms with Crippen LogP contribution in [0.1, 0.15) is 22.8 Å². The molecule has 0 saturated carbocycles. The summed E-state index contributed by atoms with van der Waals surface area (Å²) in [6, 6.07) is 12.9. The summed E-state index contributed by atoms with van der Waals surface area (Å²) in [5, 5.41) is 7.21. The van der Waals surface area contributed by atoms with Gasteiger partial charge in [0.05, 0.1) is 6.21 Å². The molecule has 0 aliphatic rings. The van der Waals surface area contributed by atoms with E-state index in [0.717, 1.165) is 11.3 Å². The Morgan fingerprint density at radius 2 is 1.77 bits per heavy atom. The molecule has 0 aromatic heterocycles. The van der Waals surface area contributed by atoms with E-state index in [1.807, 2.05) is 0 Å². The zero-order valence-corrected chi connectivity index (χ0v) is 12.7. The molecular weight excluding hydrogens is 301 g/mol. The second-order valence-electron chi connectivity index (χ2n) is 4.51. The lowest BCUT2D eigenvalue weighted by Gasteiger charge is -2.07. The first-order valence-electron chi connectivity index (χ1n) is 6.51. The number of halogens is 1. The predicted molar refractivity (Wildman–Crippen MR) is 89.8 cm³/mol. The van der Waals surface area contributed by atoms with Gasteiger partial charge in [0, 0.05) is 11.3 Å². The molecule has 2 aromatic carbocycles. The maximum atomic E-state index is 12.7. The van der Waals surface area contributed by atoms with Crippen LogP contribution in [0.3, 0.4) is 0 Å². The van der Waals surface area contributed by atoms with Crippen LogP contribution in [0.25, 0.3) is 0 Å². The molecule has 0 atom stereocenters. The first-order valence-corrected chi connectivity index (χ1v) is 6.92. The van der Waals surface area contributed by atoms with E-state index in [-0.39, 0.29) is 11.6 Å². The fourth-order valence-corrected chi connectivity index (χ4v) is 1.83. The lowest BCUT2D eigenvalue weighted by Crippen LogP contribution is -2.23. The summed E-state index contributed by atoms with van der Waals surface area (Å²) in [5.41, 5.74) is 4.80. The molecule has 6 heteroatoms. The third-order valence-electron chi connectivity index (χ3n) is 2.80. The van der Waals surface area contributed by atoms with Gasteiger partial charge in [-0.25, -0.2) is 4.39 Å². The van der Waals surface area contributed by atoms with Gasteiger partial charge in [-0.15, -0.1) is 0 Å². The highest BCUT2D eigenvalue weighted by atomic mass is 32.1. The highest BCUT2D eigenvalue weighted by molar-refractivity contribution is 7.80. The van der Waals surface area contributed by atoms with E-state index in [1.165, 1.54) is 25.3 Å². The normalized spacial score (nSPS) is 10.5. The van der Waals surface area contributed by atoms with Gasteiger partial charge in [-0.05, 0) is 61.1 Å². The molecule has 0 aliphatic heterocycles. The topological polar surface area (TPSA) is 53.5 Å². The maximum absolute atomic E-state index is 12.7. The summed E-state index contributed by atoms with van der Waals surface area (Å²) in [4.78, 5) is 11.2. The van der Waals surface area contributed by atoms with Gasteiger partial charge in [0.2, 0.25) is 0 Å². The van der Waals surface area contributed by atoms with Crippen molar-refractivity contribution >= 4 is 35.0 Å². The summed E-state index contributed by atoms with van der Waals surface area (Å²) < 4.78 is 12.7. The van der Waals surface area contributed by atoms with Gasteiger partial charge in [0.15, 0.2) is 10.9 Å². The van der Waals surface area contributed by atoms with Crippen LogP contribution in [-0.2, 0) is 0 Å². The number of carbonyl (C=O) groups is 1. The molecule has 0 radical (unpaired) electrons. The van der Waals surface area contributed by atoms with Crippen LogP contribution in [0.4, 0.5) is 10.1 Å². The number of hydrogen-bond donors (Lipinski definition) is 2. The number of hydrazone groups is 1. The van der Waals surface area contributed by atoms with Crippen LogP contribution in [0.5, 0.6) is 0 Å². The SMILES string of the molecule is CC(=O)c1ccc(NC(=S)N/N=C/c2ccc(F)cc2)cc1. The van der Waals surface area contributed by atoms with Gasteiger partial charge < -0.3 is 5.32 Å². The van der Waals surface area contributed by atoms with Crippen LogP contribution < -0.4 is 10.7 Å². The molecule has 0 fully saturated rings. The number of ketones is 1. The summed E-state index contributed by atoms with van der Waals surface area (Å²) in [6.45, 7) is 1.51. The van der Waals surface area contributed by atoms with E-state index in [1.54, 1.807) is 36.4 Å². The number of thiocarbonyl (C=S) groups is 1. The molecule has 112 valence electrons.